The number of carbonyl (C=O) groups is 6. The maximum atomic E-state index is 14.0. The molecule has 9 fully saturated rings. The fourth-order valence-electron chi connectivity index (χ4n) is 17.3. The molecule has 8 N–H and O–H groups in total. The highest BCUT2D eigenvalue weighted by molar-refractivity contribution is 5.99. The summed E-state index contributed by atoms with van der Waals surface area (Å²) in [5.41, 5.74) is 6.46. The zero-order valence-electron chi connectivity index (χ0n) is 50.7. The van der Waals surface area contributed by atoms with Crippen LogP contribution in [0, 0.1) is 46.3 Å². The van der Waals surface area contributed by atoms with Gasteiger partial charge < -0.3 is 70.4 Å². The van der Waals surface area contributed by atoms with E-state index in [0.29, 0.717) is 66.2 Å². The van der Waals surface area contributed by atoms with E-state index in [1.165, 1.54) is 19.4 Å². The molecule has 86 heavy (non-hydrogen) atoms. The number of urea groups is 1. The molecule has 5 amide bonds. The van der Waals surface area contributed by atoms with Gasteiger partial charge in [-0.3, -0.25) is 9.59 Å². The number of fused-ring (bicyclic) bond motifs is 5. The summed E-state index contributed by atoms with van der Waals surface area (Å²) >= 11 is 0. The number of alkyl carbamates (subject to hydrolysis) is 1. The molecule has 11 aliphatic rings. The van der Waals surface area contributed by atoms with Crippen molar-refractivity contribution in [1.29, 1.82) is 0 Å². The maximum absolute atomic E-state index is 14.0. The van der Waals surface area contributed by atoms with Gasteiger partial charge in [-0.15, -0.1) is 0 Å². The van der Waals surface area contributed by atoms with Crippen LogP contribution in [0.2, 0.25) is 0 Å². The van der Waals surface area contributed by atoms with Crippen LogP contribution in [-0.4, -0.2) is 131 Å². The van der Waals surface area contributed by atoms with Crippen LogP contribution < -0.4 is 27.0 Å². The van der Waals surface area contributed by atoms with Gasteiger partial charge in [-0.25, -0.2) is 19.2 Å². The van der Waals surface area contributed by atoms with Crippen molar-refractivity contribution in [1.82, 2.24) is 16.0 Å². The first-order valence-corrected chi connectivity index (χ1v) is 31.5. The number of nitrogens with two attached hydrogens (primary N) is 1. The Morgan fingerprint density at radius 3 is 2.43 bits per heavy atom. The molecule has 3 saturated heterocycles. The summed E-state index contributed by atoms with van der Waals surface area (Å²) in [6.07, 6.45) is 13.5. The molecule has 17 atom stereocenters. The number of epoxide rings is 3. The number of esters is 1. The van der Waals surface area contributed by atoms with Crippen molar-refractivity contribution in [3.63, 3.8) is 0 Å². The lowest BCUT2D eigenvalue weighted by atomic mass is 9.46. The lowest BCUT2D eigenvalue weighted by Gasteiger charge is -2.53. The molecule has 4 aliphatic heterocycles. The first-order valence-electron chi connectivity index (χ1n) is 31.5. The average Bonchev–Trinajstić information content (AvgIpc) is 1.42. The zero-order chi connectivity index (χ0) is 61.0. The Balaban J connectivity index is 0.643. The molecular weight excluding hydrogens is 1100 g/mol. The third-order valence-electron chi connectivity index (χ3n) is 22.3. The van der Waals surface area contributed by atoms with Crippen LogP contribution in [0.5, 0.6) is 0 Å². The summed E-state index contributed by atoms with van der Waals surface area (Å²) in [6.45, 7) is 18.4. The minimum Gasteiger partial charge on any atom is -0.458 e. The van der Waals surface area contributed by atoms with Crippen LogP contribution in [0.4, 0.5) is 20.1 Å². The van der Waals surface area contributed by atoms with Crippen LogP contribution in [0.3, 0.4) is 0 Å². The molecule has 0 aromatic heterocycles. The number of primary amides is 1. The number of benzene rings is 1. The molecule has 20 heteroatoms. The molecule has 466 valence electrons. The smallest absolute Gasteiger partial charge is 0.458 e. The third-order valence-corrected chi connectivity index (χ3v) is 22.3. The van der Waals surface area contributed by atoms with E-state index in [2.05, 4.69) is 60.8 Å². The highest BCUT2D eigenvalue weighted by Gasteiger charge is 3.01. The fraction of sp³-hybridized carbons (Fsp3) is 0.667. The minimum absolute atomic E-state index is 0.0196. The first kappa shape index (κ1) is 60.2. The molecular formula is C66H87N5O15. The quantitative estimate of drug-likeness (QED) is 0.0227. The van der Waals surface area contributed by atoms with Gasteiger partial charge in [0.25, 0.3) is 0 Å². The summed E-state index contributed by atoms with van der Waals surface area (Å²) in [5, 5.41) is 32.4. The van der Waals surface area contributed by atoms with E-state index in [9.17, 15) is 39.0 Å². The van der Waals surface area contributed by atoms with Crippen molar-refractivity contribution in [3.8, 4) is 0 Å². The normalized spacial score (nSPS) is 38.1. The molecule has 2 spiro atoms. The molecule has 7 aliphatic carbocycles. The fourth-order valence-corrected chi connectivity index (χ4v) is 17.3. The number of hydrogen-bond acceptors (Lipinski definition) is 15. The number of allylic oxidation sites excluding steroid dienone is 4. The molecule has 1 aromatic carbocycles. The summed E-state index contributed by atoms with van der Waals surface area (Å²) in [6, 6.07) is 4.76. The van der Waals surface area contributed by atoms with Gasteiger partial charge in [0.05, 0.1) is 18.3 Å². The van der Waals surface area contributed by atoms with Crippen molar-refractivity contribution in [3.05, 3.63) is 88.6 Å². The predicted molar refractivity (Wildman–Crippen MR) is 313 cm³/mol. The van der Waals surface area contributed by atoms with E-state index in [4.69, 9.17) is 38.9 Å². The van der Waals surface area contributed by atoms with Crippen molar-refractivity contribution < 1.29 is 72.1 Å². The molecule has 20 nitrogen and oxygen atoms in total. The van der Waals surface area contributed by atoms with Gasteiger partial charge in [0.1, 0.15) is 54.3 Å². The molecule has 1 aromatic rings. The zero-order valence-corrected chi connectivity index (χ0v) is 50.7. The highest BCUT2D eigenvalue weighted by Crippen LogP contribution is 2.83. The molecule has 4 heterocycles. The van der Waals surface area contributed by atoms with E-state index in [0.717, 1.165) is 61.7 Å². The first-order chi connectivity index (χ1) is 40.9. The van der Waals surface area contributed by atoms with Gasteiger partial charge in [0, 0.05) is 36.1 Å². The van der Waals surface area contributed by atoms with Crippen LogP contribution in [0.15, 0.2) is 83.0 Å². The number of hydrogen-bond donors (Lipinski definition) is 7. The van der Waals surface area contributed by atoms with E-state index in [1.807, 2.05) is 26.0 Å². The second kappa shape index (κ2) is 22.2. The summed E-state index contributed by atoms with van der Waals surface area (Å²) < 4.78 is 43.6. The predicted octanol–water partition coefficient (Wildman–Crippen LogP) is 7.95. The second-order valence-corrected chi connectivity index (χ2v) is 28.0. The number of nitrogens with one attached hydrogen (secondary N) is 4. The van der Waals surface area contributed by atoms with Crippen molar-refractivity contribution in [2.75, 3.05) is 18.5 Å². The monoisotopic (exact) mass is 1190 g/mol. The van der Waals surface area contributed by atoms with Gasteiger partial charge in [-0.05, 0) is 166 Å². The summed E-state index contributed by atoms with van der Waals surface area (Å²) in [4.78, 5) is 79.5. The Hall–Kier alpha value is -6.06. The van der Waals surface area contributed by atoms with E-state index in [1.54, 1.807) is 24.3 Å². The number of rotatable bonds is 19. The van der Waals surface area contributed by atoms with E-state index >= 15 is 0 Å². The van der Waals surface area contributed by atoms with Crippen LogP contribution in [-0.2, 0) is 54.1 Å². The Morgan fingerprint density at radius 2 is 1.70 bits per heavy atom. The van der Waals surface area contributed by atoms with Crippen molar-refractivity contribution in [2.24, 2.45) is 52.1 Å². The number of ether oxygens (including phenoxy) is 7. The maximum Gasteiger partial charge on any atom is 0.509 e. The third kappa shape index (κ3) is 10.3. The summed E-state index contributed by atoms with van der Waals surface area (Å²) in [7, 11) is 0. The lowest BCUT2D eigenvalue weighted by Crippen LogP contribution is -2.70. The van der Waals surface area contributed by atoms with Gasteiger partial charge in [0.2, 0.25) is 11.8 Å². The number of carbonyl (C=O) groups excluding carboxylic acids is 6. The van der Waals surface area contributed by atoms with Crippen LogP contribution in [0.1, 0.15) is 144 Å². The van der Waals surface area contributed by atoms with Crippen molar-refractivity contribution >= 4 is 41.8 Å². The van der Waals surface area contributed by atoms with Crippen LogP contribution in [0.25, 0.3) is 0 Å². The summed E-state index contributed by atoms with van der Waals surface area (Å²) in [5.74, 6) is 0.192. The van der Waals surface area contributed by atoms with Crippen LogP contribution >= 0.6 is 0 Å². The Kier molecular flexibility index (Phi) is 15.6. The van der Waals surface area contributed by atoms with E-state index in [-0.39, 0.29) is 86.7 Å². The SMILES string of the molecule is C=C1/C(=C\C=C2/CCC[C@@]3(C)C2CCC3[C@@H](C)/C=C/C(O)C2CC2)C[C@@H](OC(=O)NC(C)(C)C(=O)NC(CCCNC(N)=O)C(=O)Nc2ccc(COC(=O)O[C@@H]3[C@@]4(C(C)C)O[C@H]4[C@@H]4O[C@]45[C@]34O[C@H]4C[C@H]3C4=C(CC[C@@]35C)C(=O)OC4)cc2)C[C@@H]1O. The molecule has 12 rings (SSSR count). The number of aliphatic hydroxyl groups is 2. The van der Waals surface area contributed by atoms with Gasteiger partial charge in [-0.1, -0.05) is 83.2 Å². The molecule has 4 unspecified atom stereocenters. The lowest BCUT2D eigenvalue weighted by molar-refractivity contribution is -0.136. The highest BCUT2D eigenvalue weighted by atomic mass is 16.8. The molecule has 6 saturated carbocycles. The van der Waals surface area contributed by atoms with Gasteiger partial charge >= 0.3 is 24.2 Å². The standard InChI is InChI=1S/C66H87N5O15/c1-34(2)64-52(85-64)53-66(86-53)63(8)27-25-43-44(33-80-55(43)75)47(63)31-51-65(66,84-51)56(64)83-60(79)81-32-37-14-20-41(21-15-37)69-54(74)48(12-10-28-68-58(67)77)70-57(76)61(5,6)71-59(78)82-42-29-40(36(4)50(73)30-42)19-16-38-11-9-26-62(7)45(22-23-46(38)62)35(3)13-24-49(72)39-17-18-39/h13-16,19-21,24,34-35,39,42,45-53,56,72-73H,4,9-12,17-18,22-23,25-33H2,1-3,5-8H3,(H,69,74)(H,70,76)(H,71,78)(H3,67,68,77)/b24-13+,38-16+,40-19-/t35-,42+,45?,46?,47-,48?,49?,50-,51-,52-,53-,56+,62+,63-,64-,65+,66+/m0/s1. The largest absolute Gasteiger partial charge is 0.509 e. The van der Waals surface area contributed by atoms with Gasteiger partial charge in [0.15, 0.2) is 11.7 Å². The minimum atomic E-state index is -1.58. The Morgan fingerprint density at radius 1 is 0.930 bits per heavy atom. The Bertz CT molecular complexity index is 3080. The molecule has 0 bridgehead atoms. The number of cyclic esters (lactones) is 1. The average molecular weight is 1190 g/mol. The number of aliphatic hydroxyl groups excluding tert-OH is 2. The number of anilines is 1. The number of amides is 5. The topological polar surface area (TPSA) is 292 Å². The van der Waals surface area contributed by atoms with E-state index < -0.39 is 82.2 Å². The second-order valence-electron chi connectivity index (χ2n) is 28.0. The van der Waals surface area contributed by atoms with Gasteiger partial charge in [-0.2, -0.15) is 0 Å². The Labute approximate surface area is 503 Å². The molecule has 0 radical (unpaired) electrons. The van der Waals surface area contributed by atoms with Crippen molar-refractivity contribution in [2.45, 2.75) is 216 Å².